The summed E-state index contributed by atoms with van der Waals surface area (Å²) in [5.74, 6) is -1.37. The van der Waals surface area contributed by atoms with Gasteiger partial charge in [0, 0.05) is 22.7 Å². The number of para-hydroxylation sites is 1. The normalized spacial score (nSPS) is 16.5. The van der Waals surface area contributed by atoms with Gasteiger partial charge in [0.2, 0.25) is 6.36 Å². The second kappa shape index (κ2) is 9.48. The van der Waals surface area contributed by atoms with Crippen molar-refractivity contribution in [3.8, 4) is 11.1 Å². The molecule has 0 radical (unpaired) electrons. The van der Waals surface area contributed by atoms with Crippen LogP contribution in [-0.2, 0) is 4.74 Å². The van der Waals surface area contributed by atoms with Gasteiger partial charge in [0.15, 0.2) is 0 Å². The van der Waals surface area contributed by atoms with Crippen molar-refractivity contribution in [1.82, 2.24) is 5.01 Å². The predicted octanol–water partition coefficient (Wildman–Crippen LogP) is 4.89. The molecule has 0 saturated carbocycles. The van der Waals surface area contributed by atoms with Crippen LogP contribution in [0.4, 0.5) is 10.1 Å². The summed E-state index contributed by atoms with van der Waals surface area (Å²) < 4.78 is 18.9. The van der Waals surface area contributed by atoms with Crippen LogP contribution in [0.25, 0.3) is 11.1 Å². The summed E-state index contributed by atoms with van der Waals surface area (Å²) in [4.78, 5) is 24.7. The fourth-order valence-corrected chi connectivity index (χ4v) is 3.78. The molecular formula is C24H20ClFN2O4. The van der Waals surface area contributed by atoms with E-state index in [2.05, 4.69) is 0 Å². The molecule has 1 saturated heterocycles. The summed E-state index contributed by atoms with van der Waals surface area (Å²) in [6.07, 6.45) is -1.49. The molecule has 32 heavy (non-hydrogen) atoms. The number of rotatable bonds is 5. The highest BCUT2D eigenvalue weighted by Crippen LogP contribution is 2.31. The van der Waals surface area contributed by atoms with Crippen LogP contribution in [0.3, 0.4) is 0 Å². The largest absolute Gasteiger partial charge is 0.478 e. The standard InChI is InChI=1S/C24H20ClFN2O4/c25-21-11-10-18(14-20(21)16-6-8-17(9-7-16)24(30)31)23(29)28(19-4-2-1-3-5-19)27-12-13-32-22(26)15-27/h1-11,14,22H,12-13,15H2,(H,30,31). The van der Waals surface area contributed by atoms with Crippen LogP contribution in [0.15, 0.2) is 72.8 Å². The van der Waals surface area contributed by atoms with Crippen molar-refractivity contribution < 1.29 is 23.8 Å². The Labute approximate surface area is 189 Å². The first-order valence-electron chi connectivity index (χ1n) is 9.97. The molecular weight excluding hydrogens is 435 g/mol. The quantitative estimate of drug-likeness (QED) is 0.594. The maximum Gasteiger partial charge on any atom is 0.335 e. The lowest BCUT2D eigenvalue weighted by atomic mass is 10.0. The third-order valence-electron chi connectivity index (χ3n) is 5.13. The summed E-state index contributed by atoms with van der Waals surface area (Å²) in [6.45, 7) is 0.454. The van der Waals surface area contributed by atoms with Crippen LogP contribution in [-0.4, -0.2) is 48.0 Å². The van der Waals surface area contributed by atoms with Gasteiger partial charge < -0.3 is 9.84 Å². The van der Waals surface area contributed by atoms with E-state index in [-0.39, 0.29) is 24.6 Å². The lowest BCUT2D eigenvalue weighted by molar-refractivity contribution is -0.0987. The summed E-state index contributed by atoms with van der Waals surface area (Å²) >= 11 is 6.38. The number of alkyl halides is 1. The highest BCUT2D eigenvalue weighted by Gasteiger charge is 2.30. The number of benzene rings is 3. The van der Waals surface area contributed by atoms with E-state index in [0.717, 1.165) is 0 Å². The van der Waals surface area contributed by atoms with Gasteiger partial charge in [-0.1, -0.05) is 41.9 Å². The van der Waals surface area contributed by atoms with E-state index in [1.165, 1.54) is 17.1 Å². The van der Waals surface area contributed by atoms with Crippen molar-refractivity contribution in [1.29, 1.82) is 0 Å². The maximum absolute atomic E-state index is 13.9. The van der Waals surface area contributed by atoms with E-state index < -0.39 is 12.3 Å². The second-order valence-electron chi connectivity index (χ2n) is 7.22. The van der Waals surface area contributed by atoms with Gasteiger partial charge in [-0.25, -0.2) is 19.2 Å². The Morgan fingerprint density at radius 1 is 1.03 bits per heavy atom. The molecule has 1 atom stereocenters. The van der Waals surface area contributed by atoms with E-state index in [1.54, 1.807) is 59.6 Å². The number of carbonyl (C=O) groups excluding carboxylic acids is 1. The van der Waals surface area contributed by atoms with Gasteiger partial charge in [-0.15, -0.1) is 0 Å². The van der Waals surface area contributed by atoms with Crippen LogP contribution in [0.5, 0.6) is 0 Å². The van der Waals surface area contributed by atoms with Gasteiger partial charge in [0.25, 0.3) is 5.91 Å². The number of halogens is 2. The Morgan fingerprint density at radius 3 is 2.38 bits per heavy atom. The Morgan fingerprint density at radius 2 is 1.72 bits per heavy atom. The SMILES string of the molecule is O=C(O)c1ccc(-c2cc(C(=O)N(c3ccccc3)N3CCOC(F)C3)ccc2Cl)cc1. The van der Waals surface area contributed by atoms with Crippen LogP contribution >= 0.6 is 11.6 Å². The number of hydrogen-bond acceptors (Lipinski definition) is 4. The summed E-state index contributed by atoms with van der Waals surface area (Å²) in [5.41, 5.74) is 2.38. The van der Waals surface area contributed by atoms with Crippen LogP contribution < -0.4 is 5.01 Å². The van der Waals surface area contributed by atoms with E-state index in [9.17, 15) is 14.0 Å². The molecule has 3 aromatic rings. The first-order chi connectivity index (χ1) is 15.4. The minimum absolute atomic E-state index is 0.0717. The number of ether oxygens (including phenoxy) is 1. The number of hydrazine groups is 1. The van der Waals surface area contributed by atoms with Gasteiger partial charge in [0.05, 0.1) is 24.4 Å². The number of carbonyl (C=O) groups is 2. The number of carboxylic acids is 1. The molecule has 8 heteroatoms. The van der Waals surface area contributed by atoms with Crippen molar-refractivity contribution in [2.75, 3.05) is 24.7 Å². The predicted molar refractivity (Wildman–Crippen MR) is 120 cm³/mol. The van der Waals surface area contributed by atoms with E-state index in [4.69, 9.17) is 21.4 Å². The molecule has 0 spiro atoms. The number of carboxylic acid groups (broad SMARTS) is 1. The molecule has 1 aliphatic heterocycles. The molecule has 1 amide bonds. The summed E-state index contributed by atoms with van der Waals surface area (Å²) in [6, 6.07) is 20.1. The van der Waals surface area contributed by atoms with Crippen LogP contribution in [0.2, 0.25) is 5.02 Å². The minimum Gasteiger partial charge on any atom is -0.478 e. The summed E-state index contributed by atoms with van der Waals surface area (Å²) in [5, 5.41) is 12.6. The molecule has 6 nitrogen and oxygen atoms in total. The molecule has 164 valence electrons. The highest BCUT2D eigenvalue weighted by atomic mass is 35.5. The zero-order valence-electron chi connectivity index (χ0n) is 16.9. The average Bonchev–Trinajstić information content (AvgIpc) is 2.80. The van der Waals surface area contributed by atoms with E-state index >= 15 is 0 Å². The van der Waals surface area contributed by atoms with E-state index in [0.29, 0.717) is 33.9 Å². The number of aromatic carboxylic acids is 1. The molecule has 1 fully saturated rings. The number of anilines is 1. The molecule has 1 aliphatic rings. The number of nitrogens with zero attached hydrogens (tertiary/aromatic N) is 2. The fraction of sp³-hybridized carbons (Fsp3) is 0.167. The molecule has 0 aromatic heterocycles. The molecule has 0 bridgehead atoms. The number of amides is 1. The molecule has 3 aromatic carbocycles. The third kappa shape index (κ3) is 4.65. The van der Waals surface area contributed by atoms with Gasteiger partial charge in [0.1, 0.15) is 0 Å². The molecule has 4 rings (SSSR count). The third-order valence-corrected chi connectivity index (χ3v) is 5.46. The zero-order valence-corrected chi connectivity index (χ0v) is 17.7. The van der Waals surface area contributed by atoms with Gasteiger partial charge in [-0.3, -0.25) is 4.79 Å². The molecule has 1 N–H and O–H groups in total. The lowest BCUT2D eigenvalue weighted by Gasteiger charge is -2.38. The van der Waals surface area contributed by atoms with Gasteiger partial charge >= 0.3 is 5.97 Å². The van der Waals surface area contributed by atoms with Gasteiger partial charge in [-0.2, -0.15) is 0 Å². The monoisotopic (exact) mass is 454 g/mol. The minimum atomic E-state index is -1.49. The van der Waals surface area contributed by atoms with Crippen LogP contribution in [0, 0.1) is 0 Å². The molecule has 0 aliphatic carbocycles. The Balaban J connectivity index is 1.71. The molecule has 1 unspecified atom stereocenters. The van der Waals surface area contributed by atoms with Crippen molar-refractivity contribution in [2.45, 2.75) is 6.36 Å². The Bertz CT molecular complexity index is 1120. The lowest BCUT2D eigenvalue weighted by Crippen LogP contribution is -2.53. The van der Waals surface area contributed by atoms with Gasteiger partial charge in [-0.05, 0) is 48.0 Å². The number of morpholine rings is 1. The maximum atomic E-state index is 13.9. The average molecular weight is 455 g/mol. The van der Waals surface area contributed by atoms with Crippen molar-refractivity contribution in [2.24, 2.45) is 0 Å². The Kier molecular flexibility index (Phi) is 6.50. The van der Waals surface area contributed by atoms with Crippen LogP contribution in [0.1, 0.15) is 20.7 Å². The first-order valence-corrected chi connectivity index (χ1v) is 10.3. The topological polar surface area (TPSA) is 70.1 Å². The Hall–Kier alpha value is -3.26. The van der Waals surface area contributed by atoms with E-state index in [1.807, 2.05) is 6.07 Å². The molecule has 1 heterocycles. The first kappa shape index (κ1) is 22.0. The fourth-order valence-electron chi connectivity index (χ4n) is 3.55. The van der Waals surface area contributed by atoms with Crippen molar-refractivity contribution in [3.63, 3.8) is 0 Å². The zero-order chi connectivity index (χ0) is 22.7. The van der Waals surface area contributed by atoms with Crippen molar-refractivity contribution in [3.05, 3.63) is 88.9 Å². The highest BCUT2D eigenvalue weighted by molar-refractivity contribution is 6.33. The second-order valence-corrected chi connectivity index (χ2v) is 7.63. The summed E-state index contributed by atoms with van der Waals surface area (Å²) in [7, 11) is 0. The smallest absolute Gasteiger partial charge is 0.335 e. The number of hydrogen-bond donors (Lipinski definition) is 1. The van der Waals surface area contributed by atoms with Crippen molar-refractivity contribution >= 4 is 29.2 Å².